The first-order valence-electron chi connectivity index (χ1n) is 6.14. The fourth-order valence-corrected chi connectivity index (χ4v) is 1.85. The molecule has 7 nitrogen and oxygen atoms in total. The maximum atomic E-state index is 13.2. The second-order valence-electron chi connectivity index (χ2n) is 4.74. The first-order valence-corrected chi connectivity index (χ1v) is 6.14. The number of nitrogens with zero attached hydrogens (tertiary/aromatic N) is 1. The van der Waals surface area contributed by atoms with Crippen molar-refractivity contribution in [1.29, 1.82) is 0 Å². The summed E-state index contributed by atoms with van der Waals surface area (Å²) in [6, 6.07) is 2.26. The van der Waals surface area contributed by atoms with Gasteiger partial charge in [-0.25, -0.2) is 0 Å². The van der Waals surface area contributed by atoms with Crippen LogP contribution in [-0.2, 0) is 16.0 Å². The van der Waals surface area contributed by atoms with E-state index in [9.17, 15) is 24.1 Å². The number of carboxylic acids is 1. The van der Waals surface area contributed by atoms with Crippen LogP contribution in [0.4, 0.5) is 10.1 Å². The van der Waals surface area contributed by atoms with Crippen LogP contribution in [0, 0.1) is 21.8 Å². The summed E-state index contributed by atoms with van der Waals surface area (Å²) >= 11 is 0. The quantitative estimate of drug-likeness (QED) is 0.577. The molecule has 0 radical (unpaired) electrons. The molecule has 0 aliphatic carbocycles. The number of nitrogens with two attached hydrogens (primary N) is 1. The van der Waals surface area contributed by atoms with Gasteiger partial charge in [0.25, 0.3) is 0 Å². The second-order valence-corrected chi connectivity index (χ2v) is 4.74. The van der Waals surface area contributed by atoms with E-state index in [1.165, 1.54) is 13.0 Å². The van der Waals surface area contributed by atoms with Crippen LogP contribution in [0.15, 0.2) is 18.2 Å². The number of hydrogen-bond acceptors (Lipinski definition) is 5. The van der Waals surface area contributed by atoms with E-state index >= 15 is 0 Å². The molecule has 0 saturated heterocycles. The third kappa shape index (κ3) is 4.60. The summed E-state index contributed by atoms with van der Waals surface area (Å²) in [6.45, 7) is 1.26. The average Bonchev–Trinajstić information content (AvgIpc) is 2.39. The van der Waals surface area contributed by atoms with Gasteiger partial charge in [0.1, 0.15) is 5.78 Å². The van der Waals surface area contributed by atoms with Crippen molar-refractivity contribution in [2.24, 2.45) is 11.7 Å². The molecule has 0 spiro atoms. The van der Waals surface area contributed by atoms with Crippen LogP contribution in [0.5, 0.6) is 0 Å². The molecule has 0 aliphatic heterocycles. The molecule has 8 heteroatoms. The van der Waals surface area contributed by atoms with Gasteiger partial charge >= 0.3 is 11.7 Å². The van der Waals surface area contributed by atoms with E-state index in [0.717, 1.165) is 12.1 Å². The van der Waals surface area contributed by atoms with Gasteiger partial charge in [0, 0.05) is 6.07 Å². The molecule has 1 rings (SSSR count). The van der Waals surface area contributed by atoms with Crippen LogP contribution in [0.1, 0.15) is 18.9 Å². The number of carbonyl (C=O) groups excluding carboxylic acids is 1. The van der Waals surface area contributed by atoms with E-state index in [-0.39, 0.29) is 18.6 Å². The van der Waals surface area contributed by atoms with E-state index in [1.54, 1.807) is 0 Å². The first-order chi connectivity index (χ1) is 9.72. The van der Waals surface area contributed by atoms with Gasteiger partial charge in [0.2, 0.25) is 5.82 Å². The average molecular weight is 297 g/mol. The smallest absolute Gasteiger partial charge is 0.306 e. The van der Waals surface area contributed by atoms with Crippen LogP contribution in [-0.4, -0.2) is 27.8 Å². The van der Waals surface area contributed by atoms with Crippen molar-refractivity contribution < 1.29 is 24.0 Å². The zero-order valence-corrected chi connectivity index (χ0v) is 11.3. The number of nitro benzene ring substituents is 1. The Morgan fingerprint density at radius 3 is 2.57 bits per heavy atom. The number of ketones is 1. The number of carboxylic acid groups (broad SMARTS) is 1. The van der Waals surface area contributed by atoms with Crippen molar-refractivity contribution >= 4 is 17.4 Å². The lowest BCUT2D eigenvalue weighted by molar-refractivity contribution is -0.387. The normalized spacial score (nSPS) is 13.5. The van der Waals surface area contributed by atoms with Crippen LogP contribution in [0.2, 0.25) is 0 Å². The number of carbonyl (C=O) groups is 2. The number of benzene rings is 1. The van der Waals surface area contributed by atoms with Crippen molar-refractivity contribution in [3.63, 3.8) is 0 Å². The molecule has 21 heavy (non-hydrogen) atoms. The lowest BCUT2D eigenvalue weighted by Gasteiger charge is -2.15. The standard InChI is InChI=1S/C13H15FN2O5/c1-7(17)11(15)6-9(13(18)19)4-8-2-3-10(14)12(5-8)16(20)21/h2-3,5,9,11H,4,6,15H2,1H3,(H,18,19)/i14-1. The van der Waals surface area contributed by atoms with E-state index in [4.69, 9.17) is 10.8 Å². The summed E-state index contributed by atoms with van der Waals surface area (Å²) in [6.07, 6.45) is -0.159. The molecule has 0 fully saturated rings. The Morgan fingerprint density at radius 1 is 1.48 bits per heavy atom. The highest BCUT2D eigenvalue weighted by Gasteiger charge is 2.24. The summed E-state index contributed by atoms with van der Waals surface area (Å²) in [5.41, 5.74) is 5.11. The second kappa shape index (κ2) is 6.89. The molecule has 0 saturated carbocycles. The molecule has 0 heterocycles. The third-order valence-corrected chi connectivity index (χ3v) is 3.10. The molecule has 2 atom stereocenters. The number of aliphatic carboxylic acids is 1. The monoisotopic (exact) mass is 297 g/mol. The maximum Gasteiger partial charge on any atom is 0.306 e. The molecule has 1 aromatic carbocycles. The van der Waals surface area contributed by atoms with Gasteiger partial charge in [-0.05, 0) is 31.4 Å². The Hall–Kier alpha value is -2.35. The molecule has 0 aromatic heterocycles. The lowest BCUT2D eigenvalue weighted by atomic mass is 9.91. The Balaban J connectivity index is 2.94. The van der Waals surface area contributed by atoms with Gasteiger partial charge in [-0.3, -0.25) is 19.7 Å². The number of nitro groups is 1. The fraction of sp³-hybridized carbons (Fsp3) is 0.385. The molecule has 2 unspecified atom stereocenters. The molecule has 114 valence electrons. The van der Waals surface area contributed by atoms with E-state index in [1.807, 2.05) is 0 Å². The zero-order chi connectivity index (χ0) is 16.2. The minimum absolute atomic E-state index is 0.0720. The highest BCUT2D eigenvalue weighted by molar-refractivity contribution is 5.82. The van der Waals surface area contributed by atoms with Gasteiger partial charge in [0.05, 0.1) is 16.9 Å². The number of halogens is 1. The predicted octanol–water partition coefficient (Wildman–Crippen LogP) is 1.28. The molecule has 3 N–H and O–H groups in total. The fourth-order valence-electron chi connectivity index (χ4n) is 1.85. The Kier molecular flexibility index (Phi) is 5.48. The summed E-state index contributed by atoms with van der Waals surface area (Å²) < 4.78 is 13.2. The molecule has 0 aliphatic rings. The molecule has 1 aromatic rings. The van der Waals surface area contributed by atoms with Crippen LogP contribution in [0.25, 0.3) is 0 Å². The Morgan fingerprint density at radius 2 is 2.10 bits per heavy atom. The van der Waals surface area contributed by atoms with Crippen molar-refractivity contribution in [2.45, 2.75) is 25.8 Å². The van der Waals surface area contributed by atoms with E-state index in [0.29, 0.717) is 5.56 Å². The Bertz CT molecular complexity index is 576. The Labute approximate surface area is 119 Å². The number of Topliss-reactive ketones (excluding diaryl/α,β-unsaturated/α-hetero) is 1. The van der Waals surface area contributed by atoms with Gasteiger partial charge < -0.3 is 10.8 Å². The zero-order valence-electron chi connectivity index (χ0n) is 11.3. The number of hydrogen-bond donors (Lipinski definition) is 2. The topological polar surface area (TPSA) is 124 Å². The largest absolute Gasteiger partial charge is 0.481 e. The minimum atomic E-state index is -1.17. The summed E-state index contributed by atoms with van der Waals surface area (Å²) in [5.74, 6) is -3.48. The van der Waals surface area contributed by atoms with Crippen molar-refractivity contribution in [2.75, 3.05) is 0 Å². The molecule has 0 bridgehead atoms. The summed E-state index contributed by atoms with van der Waals surface area (Å²) in [5, 5.41) is 19.8. The number of rotatable bonds is 7. The summed E-state index contributed by atoms with van der Waals surface area (Å²) in [7, 11) is 0. The van der Waals surface area contributed by atoms with Gasteiger partial charge in [-0.15, -0.1) is 0 Å². The molecular formula is C13H15FN2O5. The van der Waals surface area contributed by atoms with Crippen molar-refractivity contribution in [3.8, 4) is 0 Å². The van der Waals surface area contributed by atoms with Crippen LogP contribution < -0.4 is 5.73 Å². The van der Waals surface area contributed by atoms with E-state index in [2.05, 4.69) is 0 Å². The van der Waals surface area contributed by atoms with Crippen molar-refractivity contribution in [1.82, 2.24) is 0 Å². The first kappa shape index (κ1) is 16.7. The van der Waals surface area contributed by atoms with Gasteiger partial charge in [-0.1, -0.05) is 6.07 Å². The third-order valence-electron chi connectivity index (χ3n) is 3.10. The SMILES string of the molecule is CC(=O)C(N)CC(Cc1ccc([18F])c([N+](=O)[O-])c1)C(=O)O. The van der Waals surface area contributed by atoms with Gasteiger partial charge in [-0.2, -0.15) is 4.39 Å². The molecular weight excluding hydrogens is 282 g/mol. The highest BCUT2D eigenvalue weighted by atomic mass is 18.2. The van der Waals surface area contributed by atoms with E-state index < -0.39 is 34.4 Å². The predicted molar refractivity (Wildman–Crippen MR) is 71.2 cm³/mol. The summed E-state index contributed by atoms with van der Waals surface area (Å²) in [4.78, 5) is 32.0. The van der Waals surface area contributed by atoms with Crippen LogP contribution >= 0.6 is 0 Å². The van der Waals surface area contributed by atoms with Crippen molar-refractivity contribution in [3.05, 3.63) is 39.7 Å². The highest BCUT2D eigenvalue weighted by Crippen LogP contribution is 2.22. The van der Waals surface area contributed by atoms with Crippen LogP contribution in [0.3, 0.4) is 0 Å². The lowest BCUT2D eigenvalue weighted by Crippen LogP contribution is -2.33. The van der Waals surface area contributed by atoms with Gasteiger partial charge in [0.15, 0.2) is 0 Å². The molecule has 0 amide bonds. The minimum Gasteiger partial charge on any atom is -0.481 e. The maximum absolute atomic E-state index is 13.2.